The first kappa shape index (κ1) is 8.59. The van der Waals surface area contributed by atoms with Crippen molar-refractivity contribution >= 4 is 21.4 Å². The number of benzene rings is 1. The summed E-state index contributed by atoms with van der Waals surface area (Å²) in [7, 11) is 0. The van der Waals surface area contributed by atoms with Crippen molar-refractivity contribution in [2.75, 3.05) is 0 Å². The van der Waals surface area contributed by atoms with Gasteiger partial charge in [-0.15, -0.1) is 11.3 Å². The molecule has 1 heterocycles. The van der Waals surface area contributed by atoms with Crippen molar-refractivity contribution in [3.05, 3.63) is 34.7 Å². The maximum absolute atomic E-state index is 13.4. The van der Waals surface area contributed by atoms with Crippen LogP contribution in [0.5, 0.6) is 0 Å². The predicted molar refractivity (Wildman–Crippen MR) is 47.7 cm³/mol. The van der Waals surface area contributed by atoms with Crippen LogP contribution < -0.4 is 0 Å². The molecule has 0 bridgehead atoms. The molecule has 0 aliphatic rings. The van der Waals surface area contributed by atoms with E-state index in [-0.39, 0.29) is 5.56 Å². The summed E-state index contributed by atoms with van der Waals surface area (Å²) in [4.78, 5) is 0. The van der Waals surface area contributed by atoms with E-state index in [0.29, 0.717) is 10.1 Å². The second-order valence-electron chi connectivity index (χ2n) is 2.64. The minimum Gasteiger partial charge on any atom is -0.391 e. The van der Waals surface area contributed by atoms with Crippen LogP contribution in [0.25, 0.3) is 10.1 Å². The standard InChI is InChI=1S/C9H6F2OS/c10-7-3-8-5(1-2-13-8)9(11)6(7)4-12/h1-3,12H,4H2. The highest BCUT2D eigenvalue weighted by molar-refractivity contribution is 7.17. The van der Waals surface area contributed by atoms with Gasteiger partial charge < -0.3 is 5.11 Å². The van der Waals surface area contributed by atoms with Gasteiger partial charge in [0.25, 0.3) is 0 Å². The molecule has 1 nitrogen and oxygen atoms in total. The number of hydrogen-bond donors (Lipinski definition) is 1. The van der Waals surface area contributed by atoms with Crippen LogP contribution in [0.2, 0.25) is 0 Å². The van der Waals surface area contributed by atoms with Gasteiger partial charge in [0.2, 0.25) is 0 Å². The van der Waals surface area contributed by atoms with E-state index < -0.39 is 18.2 Å². The number of aliphatic hydroxyl groups is 1. The summed E-state index contributed by atoms with van der Waals surface area (Å²) >= 11 is 1.27. The molecule has 13 heavy (non-hydrogen) atoms. The van der Waals surface area contributed by atoms with E-state index in [0.717, 1.165) is 0 Å². The van der Waals surface area contributed by atoms with Gasteiger partial charge in [0, 0.05) is 15.6 Å². The zero-order chi connectivity index (χ0) is 9.42. The van der Waals surface area contributed by atoms with Crippen molar-refractivity contribution in [2.24, 2.45) is 0 Å². The Kier molecular flexibility index (Phi) is 2.01. The minimum absolute atomic E-state index is 0.258. The molecule has 2 aromatic rings. The summed E-state index contributed by atoms with van der Waals surface area (Å²) in [5.41, 5.74) is -0.258. The van der Waals surface area contributed by atoms with Crippen molar-refractivity contribution in [3.63, 3.8) is 0 Å². The molecule has 0 radical (unpaired) electrons. The van der Waals surface area contributed by atoms with Crippen LogP contribution in [0.4, 0.5) is 8.78 Å². The number of halogens is 2. The van der Waals surface area contributed by atoms with Gasteiger partial charge in [0.05, 0.1) is 6.61 Å². The van der Waals surface area contributed by atoms with Crippen molar-refractivity contribution in [3.8, 4) is 0 Å². The van der Waals surface area contributed by atoms with Crippen LogP contribution in [0.3, 0.4) is 0 Å². The van der Waals surface area contributed by atoms with Crippen LogP contribution in [0.1, 0.15) is 5.56 Å². The zero-order valence-corrected chi connectivity index (χ0v) is 7.37. The molecule has 0 aliphatic heterocycles. The number of aliphatic hydroxyl groups excluding tert-OH is 1. The van der Waals surface area contributed by atoms with Crippen molar-refractivity contribution in [2.45, 2.75) is 6.61 Å². The largest absolute Gasteiger partial charge is 0.391 e. The van der Waals surface area contributed by atoms with Gasteiger partial charge in [-0.25, -0.2) is 8.78 Å². The van der Waals surface area contributed by atoms with E-state index >= 15 is 0 Å². The summed E-state index contributed by atoms with van der Waals surface area (Å²) in [5, 5.41) is 10.8. The average molecular weight is 200 g/mol. The molecule has 1 aromatic heterocycles. The number of hydrogen-bond acceptors (Lipinski definition) is 2. The minimum atomic E-state index is -0.685. The van der Waals surface area contributed by atoms with E-state index in [9.17, 15) is 8.78 Å². The highest BCUT2D eigenvalue weighted by Crippen LogP contribution is 2.27. The molecule has 2 rings (SSSR count). The number of rotatable bonds is 1. The Morgan fingerprint density at radius 1 is 1.38 bits per heavy atom. The molecule has 0 saturated heterocycles. The fraction of sp³-hybridized carbons (Fsp3) is 0.111. The maximum Gasteiger partial charge on any atom is 0.140 e. The molecule has 0 spiro atoms. The van der Waals surface area contributed by atoms with Gasteiger partial charge in [0.1, 0.15) is 11.6 Å². The average Bonchev–Trinajstić information content (AvgIpc) is 2.53. The summed E-state index contributed by atoms with van der Waals surface area (Å²) in [6.07, 6.45) is 0. The van der Waals surface area contributed by atoms with Crippen LogP contribution in [0, 0.1) is 11.6 Å². The van der Waals surface area contributed by atoms with Gasteiger partial charge in [-0.2, -0.15) is 0 Å². The highest BCUT2D eigenvalue weighted by atomic mass is 32.1. The Labute approximate surface area is 77.2 Å². The lowest BCUT2D eigenvalue weighted by atomic mass is 10.1. The Morgan fingerprint density at radius 3 is 2.85 bits per heavy atom. The van der Waals surface area contributed by atoms with Gasteiger partial charge in [-0.1, -0.05) is 0 Å². The molecular formula is C9H6F2OS. The van der Waals surface area contributed by atoms with Crippen molar-refractivity contribution < 1.29 is 13.9 Å². The molecule has 0 unspecified atom stereocenters. The first-order valence-electron chi connectivity index (χ1n) is 3.69. The third kappa shape index (κ3) is 1.22. The Morgan fingerprint density at radius 2 is 2.15 bits per heavy atom. The van der Waals surface area contributed by atoms with E-state index in [1.807, 2.05) is 0 Å². The van der Waals surface area contributed by atoms with Gasteiger partial charge in [-0.05, 0) is 17.5 Å². The zero-order valence-electron chi connectivity index (χ0n) is 6.55. The molecule has 1 aromatic carbocycles. The molecule has 4 heteroatoms. The molecular weight excluding hydrogens is 194 g/mol. The smallest absolute Gasteiger partial charge is 0.140 e. The molecule has 68 valence electrons. The topological polar surface area (TPSA) is 20.2 Å². The molecule has 0 fully saturated rings. The van der Waals surface area contributed by atoms with Gasteiger partial charge in [-0.3, -0.25) is 0 Å². The molecule has 0 saturated carbocycles. The summed E-state index contributed by atoms with van der Waals surface area (Å²) in [5.74, 6) is -1.34. The summed E-state index contributed by atoms with van der Waals surface area (Å²) < 4.78 is 27.0. The van der Waals surface area contributed by atoms with Crippen LogP contribution in [-0.4, -0.2) is 5.11 Å². The second-order valence-corrected chi connectivity index (χ2v) is 3.59. The maximum atomic E-state index is 13.4. The fourth-order valence-electron chi connectivity index (χ4n) is 1.23. The van der Waals surface area contributed by atoms with Crippen LogP contribution >= 0.6 is 11.3 Å². The van der Waals surface area contributed by atoms with Gasteiger partial charge >= 0.3 is 0 Å². The lowest BCUT2D eigenvalue weighted by Crippen LogP contribution is -1.94. The number of thiophene rings is 1. The third-order valence-electron chi connectivity index (χ3n) is 1.90. The predicted octanol–water partition coefficient (Wildman–Crippen LogP) is 2.67. The van der Waals surface area contributed by atoms with E-state index in [1.54, 1.807) is 11.4 Å². The lowest BCUT2D eigenvalue weighted by molar-refractivity contribution is 0.269. The number of fused-ring (bicyclic) bond motifs is 1. The lowest BCUT2D eigenvalue weighted by Gasteiger charge is -2.01. The molecule has 1 N–H and O–H groups in total. The Bertz CT molecular complexity index is 450. The normalized spacial score (nSPS) is 11.0. The Balaban J connectivity index is 2.85. The van der Waals surface area contributed by atoms with E-state index in [2.05, 4.69) is 0 Å². The SMILES string of the molecule is OCc1c(F)cc2sccc2c1F. The first-order valence-corrected chi connectivity index (χ1v) is 4.57. The summed E-state index contributed by atoms with van der Waals surface area (Å²) in [6.45, 7) is -0.608. The molecule has 0 amide bonds. The second kappa shape index (κ2) is 3.05. The Hall–Kier alpha value is -1.00. The fourth-order valence-corrected chi connectivity index (χ4v) is 2.04. The summed E-state index contributed by atoms with van der Waals surface area (Å²) in [6, 6.07) is 2.82. The first-order chi connectivity index (χ1) is 6.24. The third-order valence-corrected chi connectivity index (χ3v) is 2.76. The van der Waals surface area contributed by atoms with Crippen molar-refractivity contribution in [1.82, 2.24) is 0 Å². The van der Waals surface area contributed by atoms with Crippen LogP contribution in [-0.2, 0) is 6.61 Å². The van der Waals surface area contributed by atoms with Crippen LogP contribution in [0.15, 0.2) is 17.5 Å². The van der Waals surface area contributed by atoms with Gasteiger partial charge in [0.15, 0.2) is 0 Å². The van der Waals surface area contributed by atoms with E-state index in [4.69, 9.17) is 5.11 Å². The highest BCUT2D eigenvalue weighted by Gasteiger charge is 2.12. The monoisotopic (exact) mass is 200 g/mol. The molecule has 0 atom stereocenters. The van der Waals surface area contributed by atoms with E-state index in [1.165, 1.54) is 17.4 Å². The molecule has 0 aliphatic carbocycles. The quantitative estimate of drug-likeness (QED) is 0.750. The van der Waals surface area contributed by atoms with Crippen molar-refractivity contribution in [1.29, 1.82) is 0 Å².